The standard InChI is InChI=1S/C13H9N3O/c17-13-10-2-1-6-15-11(10)4-3-9-5-7-14-8-12(9)16-13/h1-8H,(H,16,17). The maximum Gasteiger partial charge on any atom is 0.257 e. The fourth-order valence-electron chi connectivity index (χ4n) is 1.76. The van der Waals surface area contributed by atoms with E-state index in [-0.39, 0.29) is 5.91 Å². The summed E-state index contributed by atoms with van der Waals surface area (Å²) in [4.78, 5) is 20.2. The second-order valence-corrected chi connectivity index (χ2v) is 3.69. The Morgan fingerprint density at radius 3 is 3.00 bits per heavy atom. The lowest BCUT2D eigenvalue weighted by molar-refractivity contribution is 0.102. The molecule has 0 aliphatic carbocycles. The third-order valence-corrected chi connectivity index (χ3v) is 2.61. The number of carbonyl (C=O) groups is 1. The van der Waals surface area contributed by atoms with Gasteiger partial charge in [0.25, 0.3) is 5.91 Å². The smallest absolute Gasteiger partial charge is 0.257 e. The van der Waals surface area contributed by atoms with Crippen LogP contribution in [-0.2, 0) is 0 Å². The van der Waals surface area contributed by atoms with Crippen LogP contribution in [0.1, 0.15) is 21.6 Å². The summed E-state index contributed by atoms with van der Waals surface area (Å²) in [7, 11) is 0. The summed E-state index contributed by atoms with van der Waals surface area (Å²) in [6, 6.07) is 5.35. The van der Waals surface area contributed by atoms with Gasteiger partial charge in [-0.15, -0.1) is 0 Å². The molecule has 2 aromatic heterocycles. The minimum absolute atomic E-state index is 0.160. The van der Waals surface area contributed by atoms with Crippen molar-refractivity contribution in [1.29, 1.82) is 0 Å². The first kappa shape index (κ1) is 9.72. The number of amides is 1. The number of pyridine rings is 2. The Labute approximate surface area is 98.0 Å². The average Bonchev–Trinajstić information content (AvgIpc) is 2.36. The number of hydrogen-bond donors (Lipinski definition) is 1. The van der Waals surface area contributed by atoms with Crippen LogP contribution in [0.3, 0.4) is 0 Å². The van der Waals surface area contributed by atoms with Gasteiger partial charge in [-0.05, 0) is 24.3 Å². The SMILES string of the molecule is O=C1Nc2cnccc2/C=C\c2ncccc21. The molecule has 0 atom stereocenters. The van der Waals surface area contributed by atoms with Crippen LogP contribution in [0.15, 0.2) is 36.8 Å². The summed E-state index contributed by atoms with van der Waals surface area (Å²) < 4.78 is 0. The van der Waals surface area contributed by atoms with Crippen molar-refractivity contribution in [3.63, 3.8) is 0 Å². The Bertz CT molecular complexity index is 620. The molecule has 0 saturated carbocycles. The molecule has 3 heterocycles. The molecule has 4 heteroatoms. The van der Waals surface area contributed by atoms with Crippen molar-refractivity contribution in [1.82, 2.24) is 9.97 Å². The number of anilines is 1. The van der Waals surface area contributed by atoms with Crippen LogP contribution in [0.4, 0.5) is 5.69 Å². The lowest BCUT2D eigenvalue weighted by atomic mass is 10.1. The van der Waals surface area contributed by atoms with Crippen LogP contribution in [0, 0.1) is 0 Å². The van der Waals surface area contributed by atoms with E-state index in [0.29, 0.717) is 16.9 Å². The molecule has 0 aromatic carbocycles. The normalized spacial score (nSPS) is 14.9. The molecule has 0 unspecified atom stereocenters. The summed E-state index contributed by atoms with van der Waals surface area (Å²) in [5.41, 5.74) is 2.87. The predicted octanol–water partition coefficient (Wildman–Crippen LogP) is 2.21. The van der Waals surface area contributed by atoms with Crippen molar-refractivity contribution in [2.75, 3.05) is 5.32 Å². The Morgan fingerprint density at radius 2 is 2.06 bits per heavy atom. The monoisotopic (exact) mass is 223 g/mol. The van der Waals surface area contributed by atoms with E-state index in [1.54, 1.807) is 30.7 Å². The summed E-state index contributed by atoms with van der Waals surface area (Å²) in [5, 5.41) is 2.83. The van der Waals surface area contributed by atoms with E-state index in [1.165, 1.54) is 0 Å². The molecule has 3 rings (SSSR count). The number of fused-ring (bicyclic) bond motifs is 2. The first-order valence-electron chi connectivity index (χ1n) is 5.23. The van der Waals surface area contributed by atoms with Gasteiger partial charge in [-0.3, -0.25) is 14.8 Å². The number of nitrogens with one attached hydrogen (secondary N) is 1. The Hall–Kier alpha value is -2.49. The van der Waals surface area contributed by atoms with E-state index in [9.17, 15) is 4.79 Å². The molecule has 0 fully saturated rings. The average molecular weight is 223 g/mol. The molecule has 82 valence electrons. The number of aromatic nitrogens is 2. The van der Waals surface area contributed by atoms with E-state index in [0.717, 1.165) is 5.56 Å². The van der Waals surface area contributed by atoms with Gasteiger partial charge in [-0.2, -0.15) is 0 Å². The van der Waals surface area contributed by atoms with E-state index in [1.807, 2.05) is 18.2 Å². The fraction of sp³-hybridized carbons (Fsp3) is 0. The number of hydrogen-bond acceptors (Lipinski definition) is 3. The van der Waals surface area contributed by atoms with Gasteiger partial charge in [0.15, 0.2) is 0 Å². The first-order chi connectivity index (χ1) is 8.34. The minimum atomic E-state index is -0.160. The molecule has 4 nitrogen and oxygen atoms in total. The Kier molecular flexibility index (Phi) is 2.19. The van der Waals surface area contributed by atoms with E-state index in [4.69, 9.17) is 0 Å². The summed E-state index contributed by atoms with van der Waals surface area (Å²) >= 11 is 0. The second kappa shape index (κ2) is 3.83. The summed E-state index contributed by atoms with van der Waals surface area (Å²) in [6.07, 6.45) is 8.76. The van der Waals surface area contributed by atoms with Gasteiger partial charge in [-0.1, -0.05) is 6.08 Å². The zero-order valence-corrected chi connectivity index (χ0v) is 8.92. The highest BCUT2D eigenvalue weighted by Gasteiger charge is 2.14. The zero-order valence-electron chi connectivity index (χ0n) is 8.92. The largest absolute Gasteiger partial charge is 0.320 e. The molecule has 2 aromatic rings. The van der Waals surface area contributed by atoms with E-state index < -0.39 is 0 Å². The second-order valence-electron chi connectivity index (χ2n) is 3.69. The van der Waals surface area contributed by atoms with E-state index >= 15 is 0 Å². The molecule has 1 aliphatic rings. The minimum Gasteiger partial charge on any atom is -0.320 e. The van der Waals surface area contributed by atoms with Crippen LogP contribution >= 0.6 is 0 Å². The van der Waals surface area contributed by atoms with Crippen molar-refractivity contribution in [3.8, 4) is 0 Å². The summed E-state index contributed by atoms with van der Waals surface area (Å²) in [6.45, 7) is 0. The van der Waals surface area contributed by atoms with Gasteiger partial charge in [0.05, 0.1) is 23.1 Å². The van der Waals surface area contributed by atoms with Crippen molar-refractivity contribution in [2.24, 2.45) is 0 Å². The highest BCUT2D eigenvalue weighted by molar-refractivity contribution is 6.08. The number of carbonyl (C=O) groups excluding carboxylic acids is 1. The van der Waals surface area contributed by atoms with Crippen molar-refractivity contribution < 1.29 is 4.79 Å². The zero-order chi connectivity index (χ0) is 11.7. The molecule has 0 bridgehead atoms. The molecule has 0 spiro atoms. The number of nitrogens with zero attached hydrogens (tertiary/aromatic N) is 2. The third kappa shape index (κ3) is 1.69. The van der Waals surface area contributed by atoms with Crippen molar-refractivity contribution in [2.45, 2.75) is 0 Å². The molecule has 0 saturated heterocycles. The molecule has 1 amide bonds. The first-order valence-corrected chi connectivity index (χ1v) is 5.23. The van der Waals surface area contributed by atoms with Gasteiger partial charge in [0, 0.05) is 18.0 Å². The molecular weight excluding hydrogens is 214 g/mol. The third-order valence-electron chi connectivity index (χ3n) is 2.61. The quantitative estimate of drug-likeness (QED) is 0.745. The van der Waals surface area contributed by atoms with Crippen LogP contribution in [0.5, 0.6) is 0 Å². The summed E-state index contributed by atoms with van der Waals surface area (Å²) in [5.74, 6) is -0.160. The van der Waals surface area contributed by atoms with Gasteiger partial charge in [0.2, 0.25) is 0 Å². The van der Waals surface area contributed by atoms with Gasteiger partial charge < -0.3 is 5.32 Å². The lowest BCUT2D eigenvalue weighted by Gasteiger charge is -2.12. The predicted molar refractivity (Wildman–Crippen MR) is 65.4 cm³/mol. The molecule has 17 heavy (non-hydrogen) atoms. The van der Waals surface area contributed by atoms with Crippen LogP contribution in [-0.4, -0.2) is 15.9 Å². The maximum absolute atomic E-state index is 12.0. The molecule has 1 N–H and O–H groups in total. The lowest BCUT2D eigenvalue weighted by Crippen LogP contribution is -2.15. The fourth-order valence-corrected chi connectivity index (χ4v) is 1.76. The molecule has 1 aliphatic heterocycles. The van der Waals surface area contributed by atoms with Crippen LogP contribution < -0.4 is 5.32 Å². The van der Waals surface area contributed by atoms with Gasteiger partial charge >= 0.3 is 0 Å². The molecule has 0 radical (unpaired) electrons. The van der Waals surface area contributed by atoms with Crippen LogP contribution in [0.2, 0.25) is 0 Å². The molecular formula is C13H9N3O. The Balaban J connectivity index is 2.19. The maximum atomic E-state index is 12.0. The van der Waals surface area contributed by atoms with Crippen LogP contribution in [0.25, 0.3) is 12.2 Å². The highest BCUT2D eigenvalue weighted by atomic mass is 16.1. The van der Waals surface area contributed by atoms with Crippen molar-refractivity contribution in [3.05, 3.63) is 53.6 Å². The van der Waals surface area contributed by atoms with E-state index in [2.05, 4.69) is 15.3 Å². The van der Waals surface area contributed by atoms with Crippen molar-refractivity contribution >= 4 is 23.7 Å². The Morgan fingerprint density at radius 1 is 1.12 bits per heavy atom. The topological polar surface area (TPSA) is 54.9 Å². The van der Waals surface area contributed by atoms with Gasteiger partial charge in [-0.25, -0.2) is 0 Å². The number of rotatable bonds is 0. The highest BCUT2D eigenvalue weighted by Crippen LogP contribution is 2.21. The van der Waals surface area contributed by atoms with Gasteiger partial charge in [0.1, 0.15) is 0 Å².